The normalized spacial score (nSPS) is 9.13. The Balaban J connectivity index is 2.65. The highest BCUT2D eigenvalue weighted by Gasteiger charge is 2.02. The highest BCUT2D eigenvalue weighted by atomic mass is 16.2. The molecule has 0 aliphatic rings. The molecule has 0 saturated heterocycles. The van der Waals surface area contributed by atoms with Crippen LogP contribution in [-0.4, -0.2) is 12.6 Å². The fourth-order valence-electron chi connectivity index (χ4n) is 1.24. The Morgan fingerprint density at radius 1 is 1.47 bits per heavy atom. The van der Waals surface area contributed by atoms with Crippen molar-refractivity contribution in [1.82, 2.24) is 5.32 Å². The summed E-state index contributed by atoms with van der Waals surface area (Å²) in [6, 6.07) is 7.23. The summed E-state index contributed by atoms with van der Waals surface area (Å²) in [4.78, 5) is 11.2. The molecule has 0 heterocycles. The van der Waals surface area contributed by atoms with Gasteiger partial charge >= 0.3 is 6.03 Å². The van der Waals surface area contributed by atoms with E-state index in [0.717, 1.165) is 16.8 Å². The van der Waals surface area contributed by atoms with E-state index in [9.17, 15) is 4.79 Å². The molecule has 0 aliphatic heterocycles. The molecule has 0 aromatic heterocycles. The summed E-state index contributed by atoms with van der Waals surface area (Å²) in [5, 5.41) is 13.4. The molecule has 4 nitrogen and oxygen atoms in total. The number of hydrogen-bond donors (Lipinski definition) is 2. The number of nitrogens with zero attached hydrogens (tertiary/aromatic N) is 1. The first-order chi connectivity index (χ1) is 7.13. The minimum atomic E-state index is -0.358. The van der Waals surface area contributed by atoms with Gasteiger partial charge in [0.1, 0.15) is 6.54 Å². The number of carbonyl (C=O) groups is 1. The monoisotopic (exact) mass is 203 g/mol. The van der Waals surface area contributed by atoms with E-state index in [2.05, 4.69) is 10.6 Å². The van der Waals surface area contributed by atoms with Gasteiger partial charge in [0.25, 0.3) is 0 Å². The summed E-state index contributed by atoms with van der Waals surface area (Å²) in [7, 11) is 0. The second-order valence-electron chi connectivity index (χ2n) is 3.28. The first-order valence-electron chi connectivity index (χ1n) is 4.62. The van der Waals surface area contributed by atoms with Crippen molar-refractivity contribution in [3.63, 3.8) is 0 Å². The van der Waals surface area contributed by atoms with E-state index in [0.29, 0.717) is 0 Å². The molecule has 0 atom stereocenters. The maximum Gasteiger partial charge on any atom is 0.320 e. The zero-order valence-electron chi connectivity index (χ0n) is 8.79. The molecule has 78 valence electrons. The van der Waals surface area contributed by atoms with E-state index in [1.54, 1.807) is 0 Å². The summed E-state index contributed by atoms with van der Waals surface area (Å²) >= 11 is 0. The number of benzene rings is 1. The van der Waals surface area contributed by atoms with Crippen LogP contribution in [0.3, 0.4) is 0 Å². The predicted molar refractivity (Wildman–Crippen MR) is 58.6 cm³/mol. The number of carbonyl (C=O) groups excluding carboxylic acids is 1. The van der Waals surface area contributed by atoms with Crippen LogP contribution in [0.15, 0.2) is 18.2 Å². The Morgan fingerprint density at radius 2 is 2.20 bits per heavy atom. The molecule has 0 fully saturated rings. The van der Waals surface area contributed by atoms with Crippen molar-refractivity contribution >= 4 is 11.7 Å². The highest BCUT2D eigenvalue weighted by Crippen LogP contribution is 2.15. The van der Waals surface area contributed by atoms with Crippen molar-refractivity contribution < 1.29 is 4.79 Å². The number of hydrogen-bond acceptors (Lipinski definition) is 2. The van der Waals surface area contributed by atoms with Crippen molar-refractivity contribution in [3.05, 3.63) is 29.3 Å². The van der Waals surface area contributed by atoms with E-state index in [1.807, 2.05) is 38.1 Å². The van der Waals surface area contributed by atoms with Gasteiger partial charge in [0.15, 0.2) is 0 Å². The quantitative estimate of drug-likeness (QED) is 0.721. The van der Waals surface area contributed by atoms with Gasteiger partial charge in [0.05, 0.1) is 6.07 Å². The third-order valence-electron chi connectivity index (χ3n) is 1.96. The molecule has 15 heavy (non-hydrogen) atoms. The predicted octanol–water partition coefficient (Wildman–Crippen LogP) is 1.95. The minimum Gasteiger partial charge on any atom is -0.325 e. The van der Waals surface area contributed by atoms with Crippen LogP contribution in [0, 0.1) is 25.2 Å². The standard InChI is InChI=1S/C11H13N3O/c1-8-3-4-10(9(2)7-8)14-11(15)13-6-5-12/h3-4,7H,6H2,1-2H3,(H2,13,14,15). The van der Waals surface area contributed by atoms with Crippen molar-refractivity contribution in [2.24, 2.45) is 0 Å². The van der Waals surface area contributed by atoms with Crippen LogP contribution in [0.5, 0.6) is 0 Å². The molecule has 2 amide bonds. The third-order valence-corrected chi connectivity index (χ3v) is 1.96. The molecule has 1 aromatic carbocycles. The molecule has 0 saturated carbocycles. The van der Waals surface area contributed by atoms with E-state index in [4.69, 9.17) is 5.26 Å². The zero-order valence-corrected chi connectivity index (χ0v) is 8.79. The lowest BCUT2D eigenvalue weighted by atomic mass is 10.1. The van der Waals surface area contributed by atoms with Crippen LogP contribution in [0.25, 0.3) is 0 Å². The molecule has 0 unspecified atom stereocenters. The lowest BCUT2D eigenvalue weighted by molar-refractivity contribution is 0.253. The Kier molecular flexibility index (Phi) is 3.69. The number of nitrogens with one attached hydrogen (secondary N) is 2. The van der Waals surface area contributed by atoms with Gasteiger partial charge in [-0.3, -0.25) is 0 Å². The van der Waals surface area contributed by atoms with E-state index >= 15 is 0 Å². The maximum atomic E-state index is 11.2. The van der Waals surface area contributed by atoms with Crippen LogP contribution in [0.2, 0.25) is 0 Å². The van der Waals surface area contributed by atoms with Crippen molar-refractivity contribution in [3.8, 4) is 6.07 Å². The van der Waals surface area contributed by atoms with Crippen LogP contribution >= 0.6 is 0 Å². The van der Waals surface area contributed by atoms with Crippen molar-refractivity contribution in [1.29, 1.82) is 5.26 Å². The van der Waals surface area contributed by atoms with Crippen molar-refractivity contribution in [2.75, 3.05) is 11.9 Å². The average Bonchev–Trinajstić information content (AvgIpc) is 2.19. The first-order valence-corrected chi connectivity index (χ1v) is 4.62. The van der Waals surface area contributed by atoms with Gasteiger partial charge in [0, 0.05) is 5.69 Å². The highest BCUT2D eigenvalue weighted by molar-refractivity contribution is 5.90. The third kappa shape index (κ3) is 3.31. The van der Waals surface area contributed by atoms with E-state index in [1.165, 1.54) is 0 Å². The zero-order chi connectivity index (χ0) is 11.3. The number of aryl methyl sites for hydroxylation is 2. The van der Waals surface area contributed by atoms with Crippen LogP contribution in [0.4, 0.5) is 10.5 Å². The van der Waals surface area contributed by atoms with Gasteiger partial charge in [-0.15, -0.1) is 0 Å². The Hall–Kier alpha value is -2.02. The number of urea groups is 1. The number of anilines is 1. The first kappa shape index (κ1) is 11.1. The average molecular weight is 203 g/mol. The Bertz CT molecular complexity index is 407. The second-order valence-corrected chi connectivity index (χ2v) is 3.28. The van der Waals surface area contributed by atoms with Gasteiger partial charge in [-0.1, -0.05) is 17.7 Å². The molecular formula is C11H13N3O. The second kappa shape index (κ2) is 5.01. The van der Waals surface area contributed by atoms with E-state index in [-0.39, 0.29) is 12.6 Å². The molecule has 1 aromatic rings. The molecule has 4 heteroatoms. The summed E-state index contributed by atoms with van der Waals surface area (Å²) in [6.45, 7) is 3.93. The smallest absolute Gasteiger partial charge is 0.320 e. The molecule has 1 rings (SSSR count). The molecule has 2 N–H and O–H groups in total. The van der Waals surface area contributed by atoms with Gasteiger partial charge in [-0.2, -0.15) is 5.26 Å². The lowest BCUT2D eigenvalue weighted by Gasteiger charge is -2.08. The van der Waals surface area contributed by atoms with Gasteiger partial charge in [-0.05, 0) is 25.5 Å². The van der Waals surface area contributed by atoms with Gasteiger partial charge in [-0.25, -0.2) is 4.79 Å². The molecule has 0 radical (unpaired) electrons. The van der Waals surface area contributed by atoms with Crippen molar-refractivity contribution in [2.45, 2.75) is 13.8 Å². The fraction of sp³-hybridized carbons (Fsp3) is 0.273. The number of amides is 2. The molecular weight excluding hydrogens is 190 g/mol. The number of rotatable bonds is 2. The summed E-state index contributed by atoms with van der Waals surface area (Å²) < 4.78 is 0. The van der Waals surface area contributed by atoms with Crippen LogP contribution < -0.4 is 10.6 Å². The maximum absolute atomic E-state index is 11.2. The fourth-order valence-corrected chi connectivity index (χ4v) is 1.24. The SMILES string of the molecule is Cc1ccc(NC(=O)NCC#N)c(C)c1. The molecule has 0 spiro atoms. The van der Waals surface area contributed by atoms with Gasteiger partial charge in [0.2, 0.25) is 0 Å². The summed E-state index contributed by atoms with van der Waals surface area (Å²) in [5.41, 5.74) is 2.91. The van der Waals surface area contributed by atoms with Crippen LogP contribution in [-0.2, 0) is 0 Å². The minimum absolute atomic E-state index is 0.0107. The summed E-state index contributed by atoms with van der Waals surface area (Å²) in [5.74, 6) is 0. The Morgan fingerprint density at radius 3 is 2.80 bits per heavy atom. The molecule has 0 aliphatic carbocycles. The van der Waals surface area contributed by atoms with E-state index < -0.39 is 0 Å². The topological polar surface area (TPSA) is 64.9 Å². The van der Waals surface area contributed by atoms with Crippen LogP contribution in [0.1, 0.15) is 11.1 Å². The summed E-state index contributed by atoms with van der Waals surface area (Å²) in [6.07, 6.45) is 0. The molecule has 0 bridgehead atoms. The number of nitriles is 1. The van der Waals surface area contributed by atoms with Gasteiger partial charge < -0.3 is 10.6 Å². The Labute approximate surface area is 88.9 Å². The lowest BCUT2D eigenvalue weighted by Crippen LogP contribution is -2.29. The largest absolute Gasteiger partial charge is 0.325 e.